The molecule has 1 aliphatic rings. The van der Waals surface area contributed by atoms with E-state index in [2.05, 4.69) is 22.4 Å². The Kier molecular flexibility index (Phi) is 6.20. The molecule has 1 aromatic heterocycles. The van der Waals surface area contributed by atoms with Crippen molar-refractivity contribution in [2.45, 2.75) is 18.1 Å². The second-order valence-electron chi connectivity index (χ2n) is 8.27. The standard InChI is InChI=1S/C27H23ClN2O4/c28-26-21-12-6-5-11-20(21)22(13-29-26)25(32)24(31)14-30-27(33)34-15-23-18-9-3-1-7-16(18)17-8-2-4-10-19(17)23/h1-13,23-25,31-32H,14-15H2,(H,30,33). The number of fused-ring (bicyclic) bond motifs is 4. The Morgan fingerprint density at radius 2 is 1.53 bits per heavy atom. The van der Waals surface area contributed by atoms with Crippen LogP contribution in [-0.2, 0) is 4.74 Å². The molecule has 5 rings (SSSR count). The van der Waals surface area contributed by atoms with Gasteiger partial charge in [0, 0.05) is 29.6 Å². The molecule has 1 heterocycles. The normalized spacial score (nSPS) is 14.3. The molecule has 3 aromatic carbocycles. The van der Waals surface area contributed by atoms with Crippen molar-refractivity contribution in [2.24, 2.45) is 0 Å². The Balaban J connectivity index is 1.22. The summed E-state index contributed by atoms with van der Waals surface area (Å²) in [5, 5.41) is 25.4. The van der Waals surface area contributed by atoms with E-state index in [1.807, 2.05) is 48.5 Å². The van der Waals surface area contributed by atoms with Gasteiger partial charge in [0.1, 0.15) is 24.0 Å². The van der Waals surface area contributed by atoms with Gasteiger partial charge in [0.2, 0.25) is 0 Å². The maximum absolute atomic E-state index is 12.4. The Hall–Kier alpha value is -3.45. The molecular formula is C27H23ClN2O4. The molecule has 0 saturated carbocycles. The first kappa shape index (κ1) is 22.3. The van der Waals surface area contributed by atoms with Gasteiger partial charge in [-0.15, -0.1) is 0 Å². The number of halogens is 1. The molecule has 3 N–H and O–H groups in total. The zero-order valence-electron chi connectivity index (χ0n) is 18.2. The second-order valence-corrected chi connectivity index (χ2v) is 8.63. The van der Waals surface area contributed by atoms with Crippen molar-refractivity contribution in [2.75, 3.05) is 13.2 Å². The van der Waals surface area contributed by atoms with E-state index in [-0.39, 0.29) is 19.1 Å². The topological polar surface area (TPSA) is 91.7 Å². The van der Waals surface area contributed by atoms with Crippen molar-refractivity contribution in [3.8, 4) is 11.1 Å². The lowest BCUT2D eigenvalue weighted by Gasteiger charge is -2.20. The summed E-state index contributed by atoms with van der Waals surface area (Å²) < 4.78 is 5.49. The molecular weight excluding hydrogens is 452 g/mol. The van der Waals surface area contributed by atoms with Crippen LogP contribution >= 0.6 is 11.6 Å². The Morgan fingerprint density at radius 3 is 2.21 bits per heavy atom. The van der Waals surface area contributed by atoms with Gasteiger partial charge in [-0.3, -0.25) is 0 Å². The van der Waals surface area contributed by atoms with Gasteiger partial charge < -0.3 is 20.3 Å². The summed E-state index contributed by atoms with van der Waals surface area (Å²) in [5.41, 5.74) is 4.97. The zero-order chi connectivity index (χ0) is 23.7. The van der Waals surface area contributed by atoms with Crippen molar-refractivity contribution in [1.29, 1.82) is 0 Å². The van der Waals surface area contributed by atoms with E-state index in [0.717, 1.165) is 22.3 Å². The van der Waals surface area contributed by atoms with E-state index in [1.54, 1.807) is 12.1 Å². The fourth-order valence-corrected chi connectivity index (χ4v) is 4.79. The first-order valence-electron chi connectivity index (χ1n) is 11.0. The SMILES string of the molecule is O=C(NCC(O)C(O)c1cnc(Cl)c2ccccc12)OCC1c2ccccc2-c2ccccc21. The number of benzene rings is 3. The van der Waals surface area contributed by atoms with Crippen LogP contribution in [-0.4, -0.2) is 40.5 Å². The molecule has 34 heavy (non-hydrogen) atoms. The highest BCUT2D eigenvalue weighted by Crippen LogP contribution is 2.44. The van der Waals surface area contributed by atoms with Crippen LogP contribution in [0, 0.1) is 0 Å². The molecule has 1 aliphatic carbocycles. The monoisotopic (exact) mass is 474 g/mol. The molecule has 0 radical (unpaired) electrons. The third-order valence-electron chi connectivity index (χ3n) is 6.26. The molecule has 0 fully saturated rings. The van der Waals surface area contributed by atoms with Gasteiger partial charge in [-0.2, -0.15) is 0 Å². The predicted molar refractivity (Wildman–Crippen MR) is 131 cm³/mol. The van der Waals surface area contributed by atoms with Crippen molar-refractivity contribution in [3.05, 3.63) is 101 Å². The lowest BCUT2D eigenvalue weighted by atomic mass is 9.98. The third kappa shape index (κ3) is 4.12. The number of hydrogen-bond acceptors (Lipinski definition) is 5. The van der Waals surface area contributed by atoms with E-state index in [0.29, 0.717) is 21.5 Å². The van der Waals surface area contributed by atoms with Crippen LogP contribution in [0.15, 0.2) is 79.0 Å². The van der Waals surface area contributed by atoms with Gasteiger partial charge in [-0.25, -0.2) is 9.78 Å². The Morgan fingerprint density at radius 1 is 0.941 bits per heavy atom. The number of rotatable bonds is 6. The van der Waals surface area contributed by atoms with Gasteiger partial charge >= 0.3 is 6.09 Å². The van der Waals surface area contributed by atoms with Crippen LogP contribution in [0.3, 0.4) is 0 Å². The van der Waals surface area contributed by atoms with Crippen LogP contribution in [0.5, 0.6) is 0 Å². The van der Waals surface area contributed by atoms with Crippen LogP contribution in [0.1, 0.15) is 28.7 Å². The molecule has 1 amide bonds. The molecule has 2 unspecified atom stereocenters. The number of carbonyl (C=O) groups excluding carboxylic acids is 1. The average Bonchev–Trinajstić information content (AvgIpc) is 3.20. The zero-order valence-corrected chi connectivity index (χ0v) is 18.9. The minimum atomic E-state index is -1.26. The molecule has 0 saturated heterocycles. The summed E-state index contributed by atoms with van der Waals surface area (Å²) in [5.74, 6) is -0.0554. The number of alkyl carbamates (subject to hydrolysis) is 1. The van der Waals surface area contributed by atoms with E-state index in [1.165, 1.54) is 6.20 Å². The summed E-state index contributed by atoms with van der Waals surface area (Å²) in [6.07, 6.45) is -1.74. The van der Waals surface area contributed by atoms with Crippen LogP contribution in [0.25, 0.3) is 21.9 Å². The van der Waals surface area contributed by atoms with Crippen molar-refractivity contribution in [1.82, 2.24) is 10.3 Å². The number of pyridine rings is 1. The summed E-state index contributed by atoms with van der Waals surface area (Å²) in [6.45, 7) is -0.0148. The van der Waals surface area contributed by atoms with E-state index in [4.69, 9.17) is 16.3 Å². The number of aliphatic hydroxyl groups is 2. The number of nitrogens with one attached hydrogen (secondary N) is 1. The fraction of sp³-hybridized carbons (Fsp3) is 0.185. The lowest BCUT2D eigenvalue weighted by Crippen LogP contribution is -2.36. The van der Waals surface area contributed by atoms with Gasteiger partial charge in [0.15, 0.2) is 0 Å². The highest BCUT2D eigenvalue weighted by Gasteiger charge is 2.29. The Bertz CT molecular complexity index is 1310. The van der Waals surface area contributed by atoms with Crippen LogP contribution in [0.2, 0.25) is 5.15 Å². The van der Waals surface area contributed by atoms with Crippen molar-refractivity contribution >= 4 is 28.5 Å². The molecule has 6 nitrogen and oxygen atoms in total. The number of carbonyl (C=O) groups is 1. The second kappa shape index (κ2) is 9.43. The predicted octanol–water partition coefficient (Wildman–Crippen LogP) is 4.82. The maximum Gasteiger partial charge on any atom is 0.407 e. The number of amides is 1. The molecule has 7 heteroatoms. The van der Waals surface area contributed by atoms with E-state index in [9.17, 15) is 15.0 Å². The molecule has 0 bridgehead atoms. The molecule has 0 spiro atoms. The minimum absolute atomic E-state index is 0.0554. The quantitative estimate of drug-likeness (QED) is 0.348. The summed E-state index contributed by atoms with van der Waals surface area (Å²) in [7, 11) is 0. The first-order chi connectivity index (χ1) is 16.5. The van der Waals surface area contributed by atoms with Crippen molar-refractivity contribution in [3.63, 3.8) is 0 Å². The van der Waals surface area contributed by atoms with Crippen molar-refractivity contribution < 1.29 is 19.7 Å². The molecule has 2 atom stereocenters. The third-order valence-corrected chi connectivity index (χ3v) is 6.56. The molecule has 0 aliphatic heterocycles. The van der Waals surface area contributed by atoms with E-state index < -0.39 is 18.3 Å². The molecule has 172 valence electrons. The summed E-state index contributed by atoms with van der Waals surface area (Å²) in [6, 6.07) is 23.4. The van der Waals surface area contributed by atoms with E-state index >= 15 is 0 Å². The number of ether oxygens (including phenoxy) is 1. The summed E-state index contributed by atoms with van der Waals surface area (Å²) >= 11 is 6.14. The number of nitrogens with zero attached hydrogens (tertiary/aromatic N) is 1. The van der Waals surface area contributed by atoms with Gasteiger partial charge in [-0.05, 0) is 27.6 Å². The van der Waals surface area contributed by atoms with Gasteiger partial charge in [0.25, 0.3) is 0 Å². The minimum Gasteiger partial charge on any atom is -0.449 e. The molecule has 4 aromatic rings. The number of aromatic nitrogens is 1. The highest BCUT2D eigenvalue weighted by molar-refractivity contribution is 6.34. The largest absolute Gasteiger partial charge is 0.449 e. The van der Waals surface area contributed by atoms with Crippen LogP contribution in [0.4, 0.5) is 4.79 Å². The highest BCUT2D eigenvalue weighted by atomic mass is 35.5. The number of aliphatic hydroxyl groups excluding tert-OH is 2. The lowest BCUT2D eigenvalue weighted by molar-refractivity contribution is 0.0192. The van der Waals surface area contributed by atoms with Crippen LogP contribution < -0.4 is 5.32 Å². The average molecular weight is 475 g/mol. The maximum atomic E-state index is 12.4. The summed E-state index contributed by atoms with van der Waals surface area (Å²) in [4.78, 5) is 16.5. The number of hydrogen-bond donors (Lipinski definition) is 3. The van der Waals surface area contributed by atoms with Gasteiger partial charge in [0.05, 0.1) is 0 Å². The smallest absolute Gasteiger partial charge is 0.407 e. The Labute approximate surface area is 201 Å². The first-order valence-corrected chi connectivity index (χ1v) is 11.4. The fourth-order valence-electron chi connectivity index (χ4n) is 4.57. The van der Waals surface area contributed by atoms with Gasteiger partial charge in [-0.1, -0.05) is 84.4 Å².